The van der Waals surface area contributed by atoms with Crippen LogP contribution in [-0.4, -0.2) is 34.3 Å². The average molecular weight is 434 g/mol. The Balaban J connectivity index is 1.75. The van der Waals surface area contributed by atoms with E-state index in [4.69, 9.17) is 4.42 Å². The lowest BCUT2D eigenvalue weighted by Gasteiger charge is -2.30. The van der Waals surface area contributed by atoms with Crippen LogP contribution in [0.15, 0.2) is 77.4 Å². The Bertz CT molecular complexity index is 1000. The Kier molecular flexibility index (Phi) is 8.08. The van der Waals surface area contributed by atoms with Crippen molar-refractivity contribution in [3.8, 4) is 0 Å². The van der Waals surface area contributed by atoms with Crippen LogP contribution in [0.1, 0.15) is 37.7 Å². The lowest BCUT2D eigenvalue weighted by molar-refractivity contribution is -0.133. The van der Waals surface area contributed by atoms with Crippen molar-refractivity contribution < 1.29 is 14.0 Å². The Labute approximate surface area is 189 Å². The molecule has 2 aromatic carbocycles. The largest absolute Gasteiger partial charge is 0.467 e. The zero-order chi connectivity index (χ0) is 22.9. The molecule has 0 atom stereocenters. The molecule has 0 bridgehead atoms. The maximum Gasteiger partial charge on any atom is 0.322 e. The number of para-hydroxylation sites is 1. The number of furan rings is 1. The Morgan fingerprint density at radius 1 is 0.938 bits per heavy atom. The van der Waals surface area contributed by atoms with E-state index in [0.717, 1.165) is 23.2 Å². The van der Waals surface area contributed by atoms with Gasteiger partial charge in [0.25, 0.3) is 0 Å². The maximum absolute atomic E-state index is 13.3. The molecular formula is C26H31N3O3. The van der Waals surface area contributed by atoms with Crippen LogP contribution in [0.2, 0.25) is 0 Å². The van der Waals surface area contributed by atoms with Gasteiger partial charge in [0.1, 0.15) is 12.3 Å². The monoisotopic (exact) mass is 433 g/mol. The lowest BCUT2D eigenvalue weighted by atomic mass is 10.1. The fourth-order valence-corrected chi connectivity index (χ4v) is 3.50. The Morgan fingerprint density at radius 3 is 2.31 bits per heavy atom. The summed E-state index contributed by atoms with van der Waals surface area (Å²) in [6.07, 6.45) is 2.41. The summed E-state index contributed by atoms with van der Waals surface area (Å²) in [5, 5.41) is 2.98. The van der Waals surface area contributed by atoms with Gasteiger partial charge in [-0.05, 0) is 49.6 Å². The first-order valence-corrected chi connectivity index (χ1v) is 11.0. The highest BCUT2D eigenvalue weighted by Crippen LogP contribution is 2.17. The molecule has 0 radical (unpaired) electrons. The minimum absolute atomic E-state index is 0.0225. The van der Waals surface area contributed by atoms with Crippen molar-refractivity contribution in [2.24, 2.45) is 0 Å². The summed E-state index contributed by atoms with van der Waals surface area (Å²) in [6, 6.07) is 20.8. The standard InChI is InChI=1S/C26H31N3O3/c1-4-22-13-8-9-15-24(22)27-26(31)29(20(2)3)19-25(30)28(18-23-14-10-16-32-23)17-21-11-6-5-7-12-21/h5-16,20H,4,17-19H2,1-3H3,(H,27,31). The number of hydrogen-bond donors (Lipinski definition) is 1. The maximum atomic E-state index is 13.3. The molecule has 0 saturated heterocycles. The number of carbonyl (C=O) groups excluding carboxylic acids is 2. The van der Waals surface area contributed by atoms with E-state index < -0.39 is 0 Å². The zero-order valence-corrected chi connectivity index (χ0v) is 19.0. The number of anilines is 1. The molecule has 168 valence electrons. The summed E-state index contributed by atoms with van der Waals surface area (Å²) in [7, 11) is 0. The van der Waals surface area contributed by atoms with Gasteiger partial charge >= 0.3 is 6.03 Å². The highest BCUT2D eigenvalue weighted by atomic mass is 16.3. The van der Waals surface area contributed by atoms with Gasteiger partial charge in [0, 0.05) is 18.3 Å². The summed E-state index contributed by atoms with van der Waals surface area (Å²) in [5.74, 6) is 0.560. The minimum Gasteiger partial charge on any atom is -0.467 e. The van der Waals surface area contributed by atoms with Crippen molar-refractivity contribution in [1.82, 2.24) is 9.80 Å². The number of benzene rings is 2. The van der Waals surface area contributed by atoms with E-state index in [1.54, 1.807) is 22.1 Å². The lowest BCUT2D eigenvalue weighted by Crippen LogP contribution is -2.47. The van der Waals surface area contributed by atoms with E-state index in [9.17, 15) is 9.59 Å². The van der Waals surface area contributed by atoms with Crippen LogP contribution in [-0.2, 0) is 24.3 Å². The minimum atomic E-state index is -0.285. The molecule has 1 N–H and O–H groups in total. The number of rotatable bonds is 9. The van der Waals surface area contributed by atoms with E-state index in [-0.39, 0.29) is 24.5 Å². The number of nitrogens with one attached hydrogen (secondary N) is 1. The van der Waals surface area contributed by atoms with Gasteiger partial charge in [-0.15, -0.1) is 0 Å². The van der Waals surface area contributed by atoms with Crippen LogP contribution in [0.3, 0.4) is 0 Å². The molecular weight excluding hydrogens is 402 g/mol. The fraction of sp³-hybridized carbons (Fsp3) is 0.308. The highest BCUT2D eigenvalue weighted by Gasteiger charge is 2.25. The molecule has 0 fully saturated rings. The molecule has 3 aromatic rings. The van der Waals surface area contributed by atoms with Crippen molar-refractivity contribution in [2.75, 3.05) is 11.9 Å². The van der Waals surface area contributed by atoms with E-state index in [1.807, 2.05) is 81.4 Å². The second-order valence-corrected chi connectivity index (χ2v) is 7.98. The first kappa shape index (κ1) is 23.1. The Morgan fingerprint density at radius 2 is 1.66 bits per heavy atom. The predicted molar refractivity (Wildman–Crippen MR) is 126 cm³/mol. The van der Waals surface area contributed by atoms with Gasteiger partial charge in [0.2, 0.25) is 5.91 Å². The number of aryl methyl sites for hydroxylation is 1. The third-order valence-corrected chi connectivity index (χ3v) is 5.33. The molecule has 0 spiro atoms. The quantitative estimate of drug-likeness (QED) is 0.497. The van der Waals surface area contributed by atoms with Crippen LogP contribution in [0.25, 0.3) is 0 Å². The van der Waals surface area contributed by atoms with Gasteiger partial charge in [-0.25, -0.2) is 4.79 Å². The Hall–Kier alpha value is -3.54. The molecule has 0 saturated carbocycles. The molecule has 32 heavy (non-hydrogen) atoms. The number of carbonyl (C=O) groups is 2. The zero-order valence-electron chi connectivity index (χ0n) is 19.0. The summed E-state index contributed by atoms with van der Waals surface area (Å²) in [5.41, 5.74) is 2.85. The van der Waals surface area contributed by atoms with Crippen LogP contribution < -0.4 is 5.32 Å². The second kappa shape index (κ2) is 11.2. The van der Waals surface area contributed by atoms with Crippen molar-refractivity contribution in [3.63, 3.8) is 0 Å². The van der Waals surface area contributed by atoms with E-state index >= 15 is 0 Å². The number of urea groups is 1. The second-order valence-electron chi connectivity index (χ2n) is 7.98. The van der Waals surface area contributed by atoms with Crippen LogP contribution >= 0.6 is 0 Å². The molecule has 0 aliphatic carbocycles. The third kappa shape index (κ3) is 6.23. The van der Waals surface area contributed by atoms with Crippen LogP contribution in [0, 0.1) is 0 Å². The van der Waals surface area contributed by atoms with E-state index in [2.05, 4.69) is 5.32 Å². The summed E-state index contributed by atoms with van der Waals surface area (Å²) in [6.45, 7) is 6.62. The number of amides is 3. The number of hydrogen-bond acceptors (Lipinski definition) is 3. The van der Waals surface area contributed by atoms with Gasteiger partial charge < -0.3 is 19.5 Å². The molecule has 3 rings (SSSR count). The first-order chi connectivity index (χ1) is 15.5. The fourth-order valence-electron chi connectivity index (χ4n) is 3.50. The molecule has 1 heterocycles. The van der Waals surface area contributed by atoms with Crippen molar-refractivity contribution in [3.05, 3.63) is 89.9 Å². The number of nitrogens with zero attached hydrogens (tertiary/aromatic N) is 2. The summed E-state index contributed by atoms with van der Waals surface area (Å²) in [4.78, 5) is 29.7. The summed E-state index contributed by atoms with van der Waals surface area (Å²) < 4.78 is 5.47. The highest BCUT2D eigenvalue weighted by molar-refractivity contribution is 5.93. The molecule has 6 heteroatoms. The molecule has 3 amide bonds. The van der Waals surface area contributed by atoms with Gasteiger partial charge in [0.15, 0.2) is 0 Å². The third-order valence-electron chi connectivity index (χ3n) is 5.33. The topological polar surface area (TPSA) is 65.8 Å². The van der Waals surface area contributed by atoms with E-state index in [1.165, 1.54) is 0 Å². The van der Waals surface area contributed by atoms with Crippen LogP contribution in [0.5, 0.6) is 0 Å². The van der Waals surface area contributed by atoms with Gasteiger partial charge in [-0.3, -0.25) is 4.79 Å². The summed E-state index contributed by atoms with van der Waals surface area (Å²) >= 11 is 0. The molecule has 6 nitrogen and oxygen atoms in total. The molecule has 0 aliphatic heterocycles. The SMILES string of the molecule is CCc1ccccc1NC(=O)N(CC(=O)N(Cc1ccccc1)Cc1ccco1)C(C)C. The normalized spacial score (nSPS) is 10.8. The van der Waals surface area contributed by atoms with Gasteiger partial charge in [0.05, 0.1) is 12.8 Å². The molecule has 0 aliphatic rings. The molecule has 1 aromatic heterocycles. The van der Waals surface area contributed by atoms with Crippen molar-refractivity contribution in [2.45, 2.75) is 46.3 Å². The first-order valence-electron chi connectivity index (χ1n) is 11.0. The van der Waals surface area contributed by atoms with Gasteiger partial charge in [-0.2, -0.15) is 0 Å². The van der Waals surface area contributed by atoms with Crippen LogP contribution in [0.4, 0.5) is 10.5 Å². The van der Waals surface area contributed by atoms with Gasteiger partial charge in [-0.1, -0.05) is 55.5 Å². The molecule has 0 unspecified atom stereocenters. The van der Waals surface area contributed by atoms with E-state index in [0.29, 0.717) is 18.8 Å². The van der Waals surface area contributed by atoms with Crippen molar-refractivity contribution >= 4 is 17.6 Å². The van der Waals surface area contributed by atoms with Crippen molar-refractivity contribution in [1.29, 1.82) is 0 Å². The average Bonchev–Trinajstić information content (AvgIpc) is 3.31. The predicted octanol–water partition coefficient (Wildman–Crippen LogP) is 5.31. The smallest absolute Gasteiger partial charge is 0.322 e.